The summed E-state index contributed by atoms with van der Waals surface area (Å²) >= 11 is 0. The van der Waals surface area contributed by atoms with Crippen molar-refractivity contribution in [2.75, 3.05) is 0 Å². The summed E-state index contributed by atoms with van der Waals surface area (Å²) in [5.74, 6) is -2.98. The van der Waals surface area contributed by atoms with Gasteiger partial charge in [0.25, 0.3) is 0 Å². The SMILES string of the molecule is CC(=O)Oc1ccc(-c2nnn(C)c2COc2nccc(C3CC(F)(F)C3)n2)nc1C. The molecule has 0 aromatic carbocycles. The molecule has 3 aromatic heterocycles. The lowest BCUT2D eigenvalue weighted by Crippen LogP contribution is -2.34. The minimum absolute atomic E-state index is 0.0511. The third-order valence-electron chi connectivity index (χ3n) is 4.98. The van der Waals surface area contributed by atoms with Crippen LogP contribution in [0.2, 0.25) is 0 Å². The first kappa shape index (κ1) is 20.8. The Bertz CT molecular complexity index is 1130. The van der Waals surface area contributed by atoms with E-state index in [0.29, 0.717) is 34.2 Å². The summed E-state index contributed by atoms with van der Waals surface area (Å²) in [6.45, 7) is 3.09. The number of alkyl halides is 2. The summed E-state index contributed by atoms with van der Waals surface area (Å²) in [5.41, 5.74) is 2.72. The molecule has 0 saturated heterocycles. The first-order valence-corrected chi connectivity index (χ1v) is 9.60. The van der Waals surface area contributed by atoms with Crippen LogP contribution in [-0.2, 0) is 18.4 Å². The van der Waals surface area contributed by atoms with E-state index in [1.54, 1.807) is 36.9 Å². The van der Waals surface area contributed by atoms with Gasteiger partial charge in [0, 0.05) is 38.9 Å². The molecule has 0 amide bonds. The highest BCUT2D eigenvalue weighted by molar-refractivity contribution is 5.70. The van der Waals surface area contributed by atoms with Crippen LogP contribution in [0.3, 0.4) is 0 Å². The first-order chi connectivity index (χ1) is 14.7. The summed E-state index contributed by atoms with van der Waals surface area (Å²) in [6.07, 6.45) is 1.07. The topological polar surface area (TPSA) is 105 Å². The molecule has 3 heterocycles. The van der Waals surface area contributed by atoms with Gasteiger partial charge in [-0.15, -0.1) is 5.10 Å². The number of hydrogen-bond acceptors (Lipinski definition) is 8. The molecule has 0 N–H and O–H groups in total. The number of aromatic nitrogens is 6. The minimum Gasteiger partial charge on any atom is -0.457 e. The van der Waals surface area contributed by atoms with Crippen molar-refractivity contribution in [3.8, 4) is 23.1 Å². The van der Waals surface area contributed by atoms with Gasteiger partial charge in [0.15, 0.2) is 5.75 Å². The van der Waals surface area contributed by atoms with Crippen LogP contribution >= 0.6 is 0 Å². The van der Waals surface area contributed by atoms with E-state index in [-0.39, 0.29) is 31.4 Å². The van der Waals surface area contributed by atoms with E-state index in [9.17, 15) is 13.6 Å². The normalized spacial score (nSPS) is 15.4. The van der Waals surface area contributed by atoms with Gasteiger partial charge in [0.1, 0.15) is 18.0 Å². The van der Waals surface area contributed by atoms with Crippen LogP contribution in [-0.4, -0.2) is 41.8 Å². The molecule has 0 radical (unpaired) electrons. The summed E-state index contributed by atoms with van der Waals surface area (Å²) in [5, 5.41) is 8.18. The van der Waals surface area contributed by atoms with Gasteiger partial charge < -0.3 is 9.47 Å². The van der Waals surface area contributed by atoms with E-state index in [2.05, 4.69) is 25.3 Å². The highest BCUT2D eigenvalue weighted by atomic mass is 19.3. The lowest BCUT2D eigenvalue weighted by molar-refractivity contribution is -0.131. The highest BCUT2D eigenvalue weighted by Crippen LogP contribution is 2.47. The number of hydrogen-bond donors (Lipinski definition) is 0. The molecule has 11 heteroatoms. The maximum atomic E-state index is 13.2. The first-order valence-electron chi connectivity index (χ1n) is 9.60. The summed E-state index contributed by atoms with van der Waals surface area (Å²) in [6, 6.07) is 5.03. The highest BCUT2D eigenvalue weighted by Gasteiger charge is 2.46. The Balaban J connectivity index is 1.50. The fourth-order valence-electron chi connectivity index (χ4n) is 3.33. The molecular weight excluding hydrogens is 410 g/mol. The second kappa shape index (κ2) is 7.97. The number of aryl methyl sites for hydroxylation is 2. The number of pyridine rings is 1. The van der Waals surface area contributed by atoms with Gasteiger partial charge in [-0.25, -0.2) is 23.4 Å². The molecule has 162 valence electrons. The van der Waals surface area contributed by atoms with E-state index in [1.165, 1.54) is 13.1 Å². The van der Waals surface area contributed by atoms with Crippen molar-refractivity contribution in [3.63, 3.8) is 0 Å². The second-order valence-corrected chi connectivity index (χ2v) is 7.40. The Labute approximate surface area is 176 Å². The standard InChI is InChI=1S/C20H20F2N6O3/c1-11-17(31-12(2)29)5-4-15(24-11)18-16(28(3)27-26-18)10-30-19-23-7-6-14(25-19)13-8-20(21,22)9-13/h4-7,13H,8-10H2,1-3H3. The van der Waals surface area contributed by atoms with Gasteiger partial charge in [0.05, 0.1) is 17.1 Å². The molecule has 1 fully saturated rings. The maximum absolute atomic E-state index is 13.2. The molecule has 1 saturated carbocycles. The molecule has 4 rings (SSSR count). The van der Waals surface area contributed by atoms with E-state index in [0.717, 1.165) is 0 Å². The Kier molecular flexibility index (Phi) is 5.34. The van der Waals surface area contributed by atoms with Gasteiger partial charge in [-0.1, -0.05) is 5.21 Å². The average molecular weight is 430 g/mol. The summed E-state index contributed by atoms with van der Waals surface area (Å²) in [7, 11) is 1.71. The minimum atomic E-state index is -2.62. The van der Waals surface area contributed by atoms with Crippen LogP contribution in [0, 0.1) is 6.92 Å². The fraction of sp³-hybridized carbons (Fsp3) is 0.400. The van der Waals surface area contributed by atoms with Crippen LogP contribution < -0.4 is 9.47 Å². The van der Waals surface area contributed by atoms with Crippen molar-refractivity contribution >= 4 is 5.97 Å². The molecule has 1 aliphatic rings. The molecular formula is C20H20F2N6O3. The van der Waals surface area contributed by atoms with Crippen LogP contribution in [0.25, 0.3) is 11.4 Å². The number of carbonyl (C=O) groups excluding carboxylic acids is 1. The fourth-order valence-corrected chi connectivity index (χ4v) is 3.33. The van der Waals surface area contributed by atoms with E-state index in [4.69, 9.17) is 9.47 Å². The van der Waals surface area contributed by atoms with Crippen LogP contribution in [0.1, 0.15) is 42.8 Å². The number of halogens is 2. The van der Waals surface area contributed by atoms with Crippen molar-refractivity contribution in [1.82, 2.24) is 29.9 Å². The smallest absolute Gasteiger partial charge is 0.316 e. The van der Waals surface area contributed by atoms with Crippen LogP contribution in [0.4, 0.5) is 8.78 Å². The van der Waals surface area contributed by atoms with Crippen molar-refractivity contribution in [1.29, 1.82) is 0 Å². The van der Waals surface area contributed by atoms with Crippen molar-refractivity contribution in [2.24, 2.45) is 7.05 Å². The molecule has 9 nitrogen and oxygen atoms in total. The zero-order valence-electron chi connectivity index (χ0n) is 17.2. The van der Waals surface area contributed by atoms with Crippen LogP contribution in [0.15, 0.2) is 24.4 Å². The van der Waals surface area contributed by atoms with E-state index < -0.39 is 11.9 Å². The predicted octanol–water partition coefficient (Wildman–Crippen LogP) is 2.99. The molecule has 0 bridgehead atoms. The number of rotatable bonds is 6. The third-order valence-corrected chi connectivity index (χ3v) is 4.98. The zero-order chi connectivity index (χ0) is 22.2. The molecule has 1 aliphatic carbocycles. The largest absolute Gasteiger partial charge is 0.457 e. The van der Waals surface area contributed by atoms with Gasteiger partial charge in [-0.05, 0) is 25.1 Å². The lowest BCUT2D eigenvalue weighted by atomic mass is 9.79. The van der Waals surface area contributed by atoms with Crippen molar-refractivity contribution < 1.29 is 23.0 Å². The van der Waals surface area contributed by atoms with Gasteiger partial charge >= 0.3 is 12.0 Å². The second-order valence-electron chi connectivity index (χ2n) is 7.40. The number of carbonyl (C=O) groups is 1. The Morgan fingerprint density at radius 1 is 1.26 bits per heavy atom. The Hall–Kier alpha value is -3.50. The van der Waals surface area contributed by atoms with Crippen molar-refractivity contribution in [2.45, 2.75) is 45.1 Å². The molecule has 0 unspecified atom stereocenters. The lowest BCUT2D eigenvalue weighted by Gasteiger charge is -2.34. The van der Waals surface area contributed by atoms with E-state index in [1.807, 2.05) is 0 Å². The number of ether oxygens (including phenoxy) is 2. The number of nitrogens with zero attached hydrogens (tertiary/aromatic N) is 6. The van der Waals surface area contributed by atoms with E-state index >= 15 is 0 Å². The quantitative estimate of drug-likeness (QED) is 0.550. The Morgan fingerprint density at radius 3 is 2.71 bits per heavy atom. The van der Waals surface area contributed by atoms with Crippen molar-refractivity contribution in [3.05, 3.63) is 41.5 Å². The summed E-state index contributed by atoms with van der Waals surface area (Å²) in [4.78, 5) is 24.0. The third kappa shape index (κ3) is 4.49. The predicted molar refractivity (Wildman–Crippen MR) is 104 cm³/mol. The number of esters is 1. The van der Waals surface area contributed by atoms with Crippen LogP contribution in [0.5, 0.6) is 11.8 Å². The summed E-state index contributed by atoms with van der Waals surface area (Å²) < 4.78 is 38.7. The monoisotopic (exact) mass is 430 g/mol. The van der Waals surface area contributed by atoms with Gasteiger partial charge in [-0.2, -0.15) is 4.98 Å². The molecule has 0 atom stereocenters. The molecule has 31 heavy (non-hydrogen) atoms. The molecule has 3 aromatic rings. The van der Waals surface area contributed by atoms with Gasteiger partial charge in [0.2, 0.25) is 5.92 Å². The molecule has 0 aliphatic heterocycles. The Morgan fingerprint density at radius 2 is 2.03 bits per heavy atom. The zero-order valence-corrected chi connectivity index (χ0v) is 17.2. The average Bonchev–Trinajstić information content (AvgIpc) is 3.06. The van der Waals surface area contributed by atoms with Gasteiger partial charge in [-0.3, -0.25) is 4.79 Å². The molecule has 0 spiro atoms. The maximum Gasteiger partial charge on any atom is 0.316 e.